The van der Waals surface area contributed by atoms with Gasteiger partial charge in [-0.15, -0.1) is 0 Å². The molecule has 2 aromatic carbocycles. The zero-order chi connectivity index (χ0) is 19.9. The van der Waals surface area contributed by atoms with Gasteiger partial charge in [0.2, 0.25) is 12.4 Å². The van der Waals surface area contributed by atoms with Crippen molar-refractivity contribution in [1.82, 2.24) is 4.98 Å². The van der Waals surface area contributed by atoms with Gasteiger partial charge in [0.15, 0.2) is 6.10 Å². The molecular formula is C21H20N2O5. The summed E-state index contributed by atoms with van der Waals surface area (Å²) in [6, 6.07) is 14.6. The molecule has 3 aromatic rings. The van der Waals surface area contributed by atoms with E-state index < -0.39 is 18.7 Å². The summed E-state index contributed by atoms with van der Waals surface area (Å²) in [6.45, 7) is 1.14. The van der Waals surface area contributed by atoms with Crippen LogP contribution in [0.3, 0.4) is 0 Å². The number of esters is 1. The summed E-state index contributed by atoms with van der Waals surface area (Å²) in [7, 11) is 1.59. The van der Waals surface area contributed by atoms with Crippen molar-refractivity contribution in [3.63, 3.8) is 0 Å². The van der Waals surface area contributed by atoms with Crippen LogP contribution in [-0.2, 0) is 14.4 Å². The maximum absolute atomic E-state index is 12.5. The maximum Gasteiger partial charge on any atom is 0.347 e. The lowest BCUT2D eigenvalue weighted by atomic mass is 10.1. The van der Waals surface area contributed by atoms with Crippen molar-refractivity contribution in [3.8, 4) is 5.75 Å². The molecule has 0 aliphatic rings. The third-order valence-electron chi connectivity index (χ3n) is 4.11. The van der Waals surface area contributed by atoms with Crippen LogP contribution in [0.2, 0.25) is 0 Å². The summed E-state index contributed by atoms with van der Waals surface area (Å²) >= 11 is 0. The number of aromatic nitrogens is 1. The standard InChI is InChI=1S/C21H20N2O5/c1-14(21(25)18-12-22-19-6-4-3-5-17(18)19)28-20(24)13-27-23-11-15-7-9-16(26-2)10-8-15/h3-12,14,22H,13H2,1-2H3/b23-11-/t14-/m1/s1. The number of rotatable bonds is 8. The predicted octanol–water partition coefficient (Wildman–Crippen LogP) is 3.34. The van der Waals surface area contributed by atoms with Gasteiger partial charge in [0, 0.05) is 22.7 Å². The first-order valence-electron chi connectivity index (χ1n) is 8.67. The average Bonchev–Trinajstić information content (AvgIpc) is 3.15. The molecule has 7 nitrogen and oxygen atoms in total. The number of methoxy groups -OCH3 is 1. The first-order chi connectivity index (χ1) is 13.6. The lowest BCUT2D eigenvalue weighted by molar-refractivity contribution is -0.151. The number of hydrogen-bond acceptors (Lipinski definition) is 6. The minimum atomic E-state index is -0.930. The van der Waals surface area contributed by atoms with Crippen LogP contribution in [0, 0.1) is 0 Å². The smallest absolute Gasteiger partial charge is 0.347 e. The van der Waals surface area contributed by atoms with Gasteiger partial charge in [-0.3, -0.25) is 4.79 Å². The molecule has 0 spiro atoms. The van der Waals surface area contributed by atoms with Gasteiger partial charge in [-0.1, -0.05) is 23.4 Å². The number of nitrogens with zero attached hydrogens (tertiary/aromatic N) is 1. The summed E-state index contributed by atoms with van der Waals surface area (Å²) in [4.78, 5) is 32.4. The number of aromatic amines is 1. The molecule has 0 aliphatic heterocycles. The normalized spacial score (nSPS) is 12.1. The molecule has 0 amide bonds. The Hall–Kier alpha value is -3.61. The first kappa shape index (κ1) is 19.2. The fraction of sp³-hybridized carbons (Fsp3) is 0.190. The van der Waals surface area contributed by atoms with Crippen LogP contribution < -0.4 is 4.74 Å². The van der Waals surface area contributed by atoms with Gasteiger partial charge >= 0.3 is 5.97 Å². The van der Waals surface area contributed by atoms with Crippen LogP contribution >= 0.6 is 0 Å². The van der Waals surface area contributed by atoms with E-state index in [0.29, 0.717) is 5.56 Å². The summed E-state index contributed by atoms with van der Waals surface area (Å²) < 4.78 is 10.2. The number of hydrogen-bond donors (Lipinski definition) is 1. The predicted molar refractivity (Wildman–Crippen MR) is 105 cm³/mol. The van der Waals surface area contributed by atoms with Crippen molar-refractivity contribution < 1.29 is 23.9 Å². The van der Waals surface area contributed by atoms with Crippen LogP contribution in [-0.4, -0.2) is 42.8 Å². The SMILES string of the molecule is COc1ccc(/C=N\OCC(=O)O[C@H](C)C(=O)c2c[nH]c3ccccc23)cc1. The molecule has 1 N–H and O–H groups in total. The zero-order valence-electron chi connectivity index (χ0n) is 15.5. The Morgan fingerprint density at radius 3 is 2.64 bits per heavy atom. The number of oxime groups is 1. The molecule has 0 unspecified atom stereocenters. The van der Waals surface area contributed by atoms with Crippen molar-refractivity contribution in [2.75, 3.05) is 13.7 Å². The molecule has 0 aliphatic carbocycles. The Balaban J connectivity index is 1.49. The molecule has 3 rings (SSSR count). The second-order valence-corrected chi connectivity index (χ2v) is 6.03. The number of nitrogens with one attached hydrogen (secondary N) is 1. The lowest BCUT2D eigenvalue weighted by Gasteiger charge is -2.11. The van der Waals surface area contributed by atoms with Gasteiger partial charge < -0.3 is 19.3 Å². The molecule has 28 heavy (non-hydrogen) atoms. The van der Waals surface area contributed by atoms with Crippen LogP contribution in [0.1, 0.15) is 22.8 Å². The quantitative estimate of drug-likeness (QED) is 0.280. The molecule has 0 radical (unpaired) electrons. The van der Waals surface area contributed by atoms with Crippen LogP contribution in [0.5, 0.6) is 5.75 Å². The van der Waals surface area contributed by atoms with Crippen molar-refractivity contribution in [1.29, 1.82) is 0 Å². The molecule has 0 fully saturated rings. The molecule has 1 atom stereocenters. The summed E-state index contributed by atoms with van der Waals surface area (Å²) in [5.74, 6) is -0.226. The van der Waals surface area contributed by atoms with E-state index in [1.165, 1.54) is 13.1 Å². The summed E-state index contributed by atoms with van der Waals surface area (Å²) in [6.07, 6.45) is 2.15. The third kappa shape index (κ3) is 4.56. The second-order valence-electron chi connectivity index (χ2n) is 6.03. The molecule has 0 bridgehead atoms. The third-order valence-corrected chi connectivity index (χ3v) is 4.11. The van der Waals surface area contributed by atoms with Crippen molar-refractivity contribution in [2.24, 2.45) is 5.16 Å². The fourth-order valence-corrected chi connectivity index (χ4v) is 2.66. The van der Waals surface area contributed by atoms with Gasteiger partial charge in [-0.05, 0) is 42.8 Å². The number of fused-ring (bicyclic) bond motifs is 1. The molecule has 0 saturated carbocycles. The Morgan fingerprint density at radius 2 is 1.89 bits per heavy atom. The largest absolute Gasteiger partial charge is 0.497 e. The average molecular weight is 380 g/mol. The zero-order valence-corrected chi connectivity index (χ0v) is 15.5. The number of para-hydroxylation sites is 1. The molecule has 144 valence electrons. The number of carbonyl (C=O) groups excluding carboxylic acids is 2. The Labute approximate surface area is 161 Å². The molecule has 1 heterocycles. The highest BCUT2D eigenvalue weighted by Gasteiger charge is 2.22. The van der Waals surface area contributed by atoms with E-state index in [1.807, 2.05) is 24.3 Å². The van der Waals surface area contributed by atoms with Gasteiger partial charge in [-0.2, -0.15) is 0 Å². The maximum atomic E-state index is 12.5. The van der Waals surface area contributed by atoms with Crippen LogP contribution in [0.25, 0.3) is 10.9 Å². The molecule has 7 heteroatoms. The summed E-state index contributed by atoms with van der Waals surface area (Å²) in [5, 5.41) is 4.51. The van der Waals surface area contributed by atoms with E-state index in [4.69, 9.17) is 14.3 Å². The van der Waals surface area contributed by atoms with E-state index in [9.17, 15) is 9.59 Å². The van der Waals surface area contributed by atoms with Crippen molar-refractivity contribution in [3.05, 3.63) is 65.9 Å². The Bertz CT molecular complexity index is 991. The Morgan fingerprint density at radius 1 is 1.14 bits per heavy atom. The molecular weight excluding hydrogens is 360 g/mol. The van der Waals surface area contributed by atoms with Gasteiger partial charge in [0.25, 0.3) is 0 Å². The monoisotopic (exact) mass is 380 g/mol. The highest BCUT2D eigenvalue weighted by molar-refractivity contribution is 6.10. The van der Waals surface area contributed by atoms with Crippen LogP contribution in [0.15, 0.2) is 59.9 Å². The second kappa shape index (κ2) is 8.85. The number of benzene rings is 2. The van der Waals surface area contributed by atoms with E-state index in [1.54, 1.807) is 37.6 Å². The van der Waals surface area contributed by atoms with Gasteiger partial charge in [0.05, 0.1) is 13.3 Å². The molecule has 1 aromatic heterocycles. The Kier molecular flexibility index (Phi) is 6.06. The number of carbonyl (C=O) groups is 2. The van der Waals surface area contributed by atoms with E-state index in [2.05, 4.69) is 10.1 Å². The number of H-pyrrole nitrogens is 1. The highest BCUT2D eigenvalue weighted by atomic mass is 16.7. The van der Waals surface area contributed by atoms with E-state index in [0.717, 1.165) is 22.2 Å². The minimum absolute atomic E-state index is 0.285. The number of Topliss-reactive ketones (excluding diaryl/α,β-unsaturated/α-hetero) is 1. The highest BCUT2D eigenvalue weighted by Crippen LogP contribution is 2.20. The number of ether oxygens (including phenoxy) is 2. The number of ketones is 1. The fourth-order valence-electron chi connectivity index (χ4n) is 2.66. The van der Waals surface area contributed by atoms with Crippen molar-refractivity contribution in [2.45, 2.75) is 13.0 Å². The molecule has 0 saturated heterocycles. The van der Waals surface area contributed by atoms with Gasteiger partial charge in [0.1, 0.15) is 5.75 Å². The first-order valence-corrected chi connectivity index (χ1v) is 8.67. The van der Waals surface area contributed by atoms with Gasteiger partial charge in [-0.25, -0.2) is 4.79 Å². The topological polar surface area (TPSA) is 90.0 Å². The van der Waals surface area contributed by atoms with E-state index in [-0.39, 0.29) is 5.78 Å². The lowest BCUT2D eigenvalue weighted by Crippen LogP contribution is -2.26. The van der Waals surface area contributed by atoms with E-state index >= 15 is 0 Å². The van der Waals surface area contributed by atoms with Crippen LogP contribution in [0.4, 0.5) is 0 Å². The summed E-state index contributed by atoms with van der Waals surface area (Å²) in [5.41, 5.74) is 2.12. The van der Waals surface area contributed by atoms with Crippen molar-refractivity contribution >= 4 is 28.9 Å². The minimum Gasteiger partial charge on any atom is -0.497 e.